The Balaban J connectivity index is 1.31. The van der Waals surface area contributed by atoms with Crippen LogP contribution in [0.4, 0.5) is 13.2 Å². The lowest BCUT2D eigenvalue weighted by Crippen LogP contribution is -2.25. The minimum Gasteiger partial charge on any atom is -0.166 e. The van der Waals surface area contributed by atoms with Gasteiger partial charge in [-0.25, -0.2) is 0 Å². The normalized spacial score (nSPS) is 27.6. The molecule has 3 rings (SSSR count). The highest BCUT2D eigenvalue weighted by atomic mass is 19.4. The van der Waals surface area contributed by atoms with Gasteiger partial charge in [-0.05, 0) is 92.7 Å². The average molecular weight is 435 g/mol. The number of hydrogen-bond acceptors (Lipinski definition) is 0. The molecule has 2 saturated carbocycles. The van der Waals surface area contributed by atoms with Crippen LogP contribution < -0.4 is 0 Å². The summed E-state index contributed by atoms with van der Waals surface area (Å²) in [5, 5.41) is 0. The van der Waals surface area contributed by atoms with E-state index >= 15 is 0 Å². The van der Waals surface area contributed by atoms with Gasteiger partial charge < -0.3 is 0 Å². The molecule has 2 aliphatic carbocycles. The van der Waals surface area contributed by atoms with Crippen LogP contribution in [0.3, 0.4) is 0 Å². The van der Waals surface area contributed by atoms with Crippen LogP contribution in [-0.2, 0) is 12.6 Å². The van der Waals surface area contributed by atoms with Gasteiger partial charge in [0, 0.05) is 0 Å². The van der Waals surface area contributed by atoms with Gasteiger partial charge in [0.1, 0.15) is 0 Å². The first-order chi connectivity index (χ1) is 15.0. The predicted molar refractivity (Wildman–Crippen MR) is 124 cm³/mol. The summed E-state index contributed by atoms with van der Waals surface area (Å²) in [6.45, 7) is 2.29. The van der Waals surface area contributed by atoms with Gasteiger partial charge in [0.2, 0.25) is 0 Å². The predicted octanol–water partition coefficient (Wildman–Crippen LogP) is 9.39. The molecule has 0 heterocycles. The van der Waals surface area contributed by atoms with E-state index in [-0.39, 0.29) is 0 Å². The number of rotatable bonds is 9. The van der Waals surface area contributed by atoms with Gasteiger partial charge in [-0.2, -0.15) is 13.2 Å². The molecule has 0 bridgehead atoms. The summed E-state index contributed by atoms with van der Waals surface area (Å²) in [4.78, 5) is 0. The summed E-state index contributed by atoms with van der Waals surface area (Å²) in [5.74, 6) is 3.75. The highest BCUT2D eigenvalue weighted by molar-refractivity contribution is 5.25. The lowest BCUT2D eigenvalue weighted by atomic mass is 9.68. The number of alkyl halides is 3. The van der Waals surface area contributed by atoms with Crippen LogP contribution in [0.5, 0.6) is 0 Å². The number of benzene rings is 1. The Kier molecular flexibility index (Phi) is 9.53. The third kappa shape index (κ3) is 7.99. The van der Waals surface area contributed by atoms with E-state index in [0.29, 0.717) is 0 Å². The minimum absolute atomic E-state index is 0.568. The van der Waals surface area contributed by atoms with Crippen molar-refractivity contribution in [2.75, 3.05) is 0 Å². The van der Waals surface area contributed by atoms with Crippen molar-refractivity contribution in [3.05, 3.63) is 47.5 Å². The molecule has 0 amide bonds. The topological polar surface area (TPSA) is 0 Å². The van der Waals surface area contributed by atoms with Crippen LogP contribution in [0.15, 0.2) is 36.4 Å². The second-order valence-corrected chi connectivity index (χ2v) is 10.2. The van der Waals surface area contributed by atoms with E-state index in [0.717, 1.165) is 42.1 Å². The second-order valence-electron chi connectivity index (χ2n) is 10.2. The lowest BCUT2D eigenvalue weighted by Gasteiger charge is -2.37. The zero-order valence-electron chi connectivity index (χ0n) is 19.3. The first-order valence-electron chi connectivity index (χ1n) is 12.8. The standard InChI is InChI=1S/C28H41F3/c1-2-3-4-7-22-10-16-25(17-11-22)26-18-12-23(13-19-26)8-5-6-9-24-14-20-27(21-15-24)28(29,30)31/h5-6,14-15,20-23,25-26H,2-4,7-13,16-19H2,1H3. The largest absolute Gasteiger partial charge is 0.416 e. The first-order valence-corrected chi connectivity index (χ1v) is 12.8. The molecular weight excluding hydrogens is 393 g/mol. The lowest BCUT2D eigenvalue weighted by molar-refractivity contribution is -0.137. The fourth-order valence-corrected chi connectivity index (χ4v) is 5.86. The molecule has 0 aliphatic heterocycles. The van der Waals surface area contributed by atoms with Gasteiger partial charge >= 0.3 is 6.18 Å². The fraction of sp³-hybridized carbons (Fsp3) is 0.714. The number of unbranched alkanes of at least 4 members (excludes halogenated alkanes) is 2. The van der Waals surface area contributed by atoms with Crippen LogP contribution in [0.25, 0.3) is 0 Å². The smallest absolute Gasteiger partial charge is 0.166 e. The van der Waals surface area contributed by atoms with E-state index in [2.05, 4.69) is 19.1 Å². The molecule has 0 spiro atoms. The summed E-state index contributed by atoms with van der Waals surface area (Å²) in [7, 11) is 0. The Hall–Kier alpha value is -1.25. The Morgan fingerprint density at radius 2 is 1.35 bits per heavy atom. The zero-order chi connectivity index (χ0) is 22.1. The molecule has 0 nitrogen and oxygen atoms in total. The van der Waals surface area contributed by atoms with Gasteiger partial charge in [0.05, 0.1) is 5.56 Å². The monoisotopic (exact) mass is 434 g/mol. The summed E-state index contributed by atoms with van der Waals surface area (Å²) >= 11 is 0. The molecular formula is C28H41F3. The first kappa shape index (κ1) is 24.4. The second kappa shape index (κ2) is 12.1. The Labute approximate surface area is 187 Å². The molecule has 0 N–H and O–H groups in total. The Morgan fingerprint density at radius 1 is 0.774 bits per heavy atom. The highest BCUT2D eigenvalue weighted by Crippen LogP contribution is 2.43. The third-order valence-electron chi connectivity index (χ3n) is 7.94. The van der Waals surface area contributed by atoms with Crippen LogP contribution >= 0.6 is 0 Å². The molecule has 1 aromatic carbocycles. The SMILES string of the molecule is CCCCCC1CCC(C2CCC(CC=CCc3ccc(C(F)(F)F)cc3)CC2)CC1. The zero-order valence-corrected chi connectivity index (χ0v) is 19.3. The van der Waals surface area contributed by atoms with Crippen molar-refractivity contribution in [1.29, 1.82) is 0 Å². The van der Waals surface area contributed by atoms with Gasteiger partial charge in [-0.15, -0.1) is 0 Å². The van der Waals surface area contributed by atoms with E-state index < -0.39 is 11.7 Å². The molecule has 0 saturated heterocycles. The molecule has 0 radical (unpaired) electrons. The highest BCUT2D eigenvalue weighted by Gasteiger charge is 2.31. The Morgan fingerprint density at radius 3 is 1.90 bits per heavy atom. The van der Waals surface area contributed by atoms with E-state index in [1.807, 2.05) is 0 Å². The van der Waals surface area contributed by atoms with Crippen LogP contribution in [0.2, 0.25) is 0 Å². The van der Waals surface area contributed by atoms with Gasteiger partial charge in [-0.1, -0.05) is 69.7 Å². The molecule has 174 valence electrons. The summed E-state index contributed by atoms with van der Waals surface area (Å²) in [5.41, 5.74) is 0.375. The minimum atomic E-state index is -4.25. The molecule has 2 aliphatic rings. The molecule has 1 aromatic rings. The van der Waals surface area contributed by atoms with E-state index in [1.54, 1.807) is 12.1 Å². The van der Waals surface area contributed by atoms with Crippen molar-refractivity contribution in [2.45, 2.75) is 103 Å². The molecule has 2 fully saturated rings. The van der Waals surface area contributed by atoms with E-state index in [4.69, 9.17) is 0 Å². The summed E-state index contributed by atoms with van der Waals surface area (Å²) in [6.07, 6.45) is 19.0. The Bertz CT molecular complexity index is 642. The fourth-order valence-electron chi connectivity index (χ4n) is 5.86. The average Bonchev–Trinajstić information content (AvgIpc) is 2.78. The van der Waals surface area contributed by atoms with Crippen molar-refractivity contribution in [1.82, 2.24) is 0 Å². The number of halogens is 3. The van der Waals surface area contributed by atoms with E-state index in [9.17, 15) is 13.2 Å². The van der Waals surface area contributed by atoms with Crippen LogP contribution in [-0.4, -0.2) is 0 Å². The van der Waals surface area contributed by atoms with Crippen molar-refractivity contribution < 1.29 is 13.2 Å². The van der Waals surface area contributed by atoms with Crippen molar-refractivity contribution in [3.8, 4) is 0 Å². The quantitative estimate of drug-likeness (QED) is 0.268. The van der Waals surface area contributed by atoms with Gasteiger partial charge in [-0.3, -0.25) is 0 Å². The van der Waals surface area contributed by atoms with Gasteiger partial charge in [0.15, 0.2) is 0 Å². The van der Waals surface area contributed by atoms with Crippen molar-refractivity contribution in [3.63, 3.8) is 0 Å². The van der Waals surface area contributed by atoms with Crippen LogP contribution in [0.1, 0.15) is 102 Å². The molecule has 0 aromatic heterocycles. The van der Waals surface area contributed by atoms with Crippen molar-refractivity contribution >= 4 is 0 Å². The maximum atomic E-state index is 12.6. The summed E-state index contributed by atoms with van der Waals surface area (Å²) in [6, 6.07) is 5.56. The maximum absolute atomic E-state index is 12.6. The van der Waals surface area contributed by atoms with Crippen molar-refractivity contribution in [2.24, 2.45) is 23.7 Å². The van der Waals surface area contributed by atoms with E-state index in [1.165, 1.54) is 89.2 Å². The van der Waals surface area contributed by atoms with Gasteiger partial charge in [0.25, 0.3) is 0 Å². The molecule has 3 heteroatoms. The molecule has 31 heavy (non-hydrogen) atoms. The number of allylic oxidation sites excluding steroid dienone is 2. The summed E-state index contributed by atoms with van der Waals surface area (Å²) < 4.78 is 37.9. The molecule has 0 atom stereocenters. The number of hydrogen-bond donors (Lipinski definition) is 0. The third-order valence-corrected chi connectivity index (χ3v) is 7.94. The van der Waals surface area contributed by atoms with Crippen LogP contribution in [0, 0.1) is 23.7 Å². The maximum Gasteiger partial charge on any atom is 0.416 e. The molecule has 0 unspecified atom stereocenters.